The number of aryl methyl sites for hydroxylation is 1. The van der Waals surface area contributed by atoms with Crippen LogP contribution in [-0.2, 0) is 4.79 Å². The highest BCUT2D eigenvalue weighted by Crippen LogP contribution is 2.29. The van der Waals surface area contributed by atoms with Crippen LogP contribution in [0, 0.1) is 12.7 Å². The van der Waals surface area contributed by atoms with E-state index < -0.39 is 0 Å². The van der Waals surface area contributed by atoms with E-state index in [0.717, 1.165) is 22.6 Å². The molecule has 34 heavy (non-hydrogen) atoms. The Balaban J connectivity index is 1.51. The van der Waals surface area contributed by atoms with Gasteiger partial charge in [0.05, 0.1) is 19.1 Å². The van der Waals surface area contributed by atoms with Crippen molar-refractivity contribution in [2.24, 2.45) is 5.10 Å². The molecule has 7 nitrogen and oxygen atoms in total. The van der Waals surface area contributed by atoms with Crippen LogP contribution >= 0.6 is 11.8 Å². The van der Waals surface area contributed by atoms with Crippen molar-refractivity contribution in [1.29, 1.82) is 0 Å². The summed E-state index contributed by atoms with van der Waals surface area (Å²) >= 11 is 1.25. The summed E-state index contributed by atoms with van der Waals surface area (Å²) < 4.78 is 20.1. The molecule has 0 aliphatic heterocycles. The monoisotopic (exact) mass is 475 g/mol. The molecule has 0 radical (unpaired) electrons. The van der Waals surface area contributed by atoms with Crippen LogP contribution < -0.4 is 10.2 Å². The standard InChI is InChI=1S/C25H22FN5O2S/c1-17-3-11-21(12-4-17)31-24(19-7-13-22(33-2)14-8-19)29-30-25(31)34-16-23(32)28-27-15-18-5-9-20(26)10-6-18/h3-15H,16H2,1-2H3,(H,28,32)/b27-15+. The molecule has 0 spiro atoms. The second-order valence-corrected chi connectivity index (χ2v) is 8.28. The summed E-state index contributed by atoms with van der Waals surface area (Å²) in [4.78, 5) is 12.3. The van der Waals surface area contributed by atoms with E-state index in [1.807, 2.05) is 60.0 Å². The van der Waals surface area contributed by atoms with Crippen LogP contribution in [0.3, 0.4) is 0 Å². The number of amides is 1. The molecule has 0 aliphatic carbocycles. The maximum atomic E-state index is 13.0. The molecule has 3 aromatic carbocycles. The van der Waals surface area contributed by atoms with Crippen LogP contribution in [0.4, 0.5) is 4.39 Å². The topological polar surface area (TPSA) is 81.4 Å². The van der Waals surface area contributed by atoms with Gasteiger partial charge in [-0.2, -0.15) is 5.10 Å². The van der Waals surface area contributed by atoms with E-state index in [9.17, 15) is 9.18 Å². The number of hydrogen-bond acceptors (Lipinski definition) is 6. The molecule has 0 aliphatic rings. The molecule has 0 saturated carbocycles. The first kappa shape index (κ1) is 23.2. The normalized spacial score (nSPS) is 11.0. The minimum atomic E-state index is -0.329. The lowest BCUT2D eigenvalue weighted by Crippen LogP contribution is -2.20. The van der Waals surface area contributed by atoms with Gasteiger partial charge >= 0.3 is 0 Å². The molecular weight excluding hydrogens is 453 g/mol. The van der Waals surface area contributed by atoms with Crippen LogP contribution in [0.25, 0.3) is 17.1 Å². The minimum absolute atomic E-state index is 0.0906. The Hall–Kier alpha value is -3.98. The predicted molar refractivity (Wildman–Crippen MR) is 131 cm³/mol. The molecule has 1 aromatic heterocycles. The maximum absolute atomic E-state index is 13.0. The minimum Gasteiger partial charge on any atom is -0.497 e. The molecule has 9 heteroatoms. The van der Waals surface area contributed by atoms with Crippen molar-refractivity contribution in [1.82, 2.24) is 20.2 Å². The van der Waals surface area contributed by atoms with Gasteiger partial charge in [-0.1, -0.05) is 41.6 Å². The number of nitrogens with zero attached hydrogens (tertiary/aromatic N) is 4. The van der Waals surface area contributed by atoms with Crippen molar-refractivity contribution in [3.63, 3.8) is 0 Å². The first-order valence-corrected chi connectivity index (χ1v) is 11.4. The second kappa shape index (κ2) is 10.8. The number of ether oxygens (including phenoxy) is 1. The lowest BCUT2D eigenvalue weighted by Gasteiger charge is -2.11. The molecule has 4 rings (SSSR count). The lowest BCUT2D eigenvalue weighted by molar-refractivity contribution is -0.118. The molecule has 172 valence electrons. The number of halogens is 1. The summed E-state index contributed by atoms with van der Waals surface area (Å²) in [6.07, 6.45) is 1.46. The van der Waals surface area contributed by atoms with E-state index >= 15 is 0 Å². The van der Waals surface area contributed by atoms with E-state index in [1.165, 1.54) is 30.1 Å². The van der Waals surface area contributed by atoms with Crippen molar-refractivity contribution < 1.29 is 13.9 Å². The van der Waals surface area contributed by atoms with Crippen molar-refractivity contribution in [2.45, 2.75) is 12.1 Å². The Morgan fingerprint density at radius 3 is 2.44 bits per heavy atom. The van der Waals surface area contributed by atoms with Crippen molar-refractivity contribution in [3.8, 4) is 22.8 Å². The van der Waals surface area contributed by atoms with Gasteiger partial charge < -0.3 is 4.74 Å². The smallest absolute Gasteiger partial charge is 0.250 e. The first-order chi connectivity index (χ1) is 16.5. The Bertz CT molecular complexity index is 1290. The zero-order chi connectivity index (χ0) is 23.9. The molecule has 4 aromatic rings. The third-order valence-electron chi connectivity index (χ3n) is 4.88. The van der Waals surface area contributed by atoms with E-state index in [0.29, 0.717) is 16.5 Å². The fraction of sp³-hybridized carbons (Fsp3) is 0.120. The van der Waals surface area contributed by atoms with Gasteiger partial charge in [-0.15, -0.1) is 10.2 Å². The largest absolute Gasteiger partial charge is 0.497 e. The summed E-state index contributed by atoms with van der Waals surface area (Å²) in [5.74, 6) is 0.867. The molecule has 1 amide bonds. The molecule has 0 atom stereocenters. The van der Waals surface area contributed by atoms with Gasteiger partial charge in [-0.05, 0) is 61.0 Å². The van der Waals surface area contributed by atoms with Gasteiger partial charge in [0.2, 0.25) is 0 Å². The molecule has 1 heterocycles. The van der Waals surface area contributed by atoms with E-state index in [4.69, 9.17) is 4.74 Å². The van der Waals surface area contributed by atoms with E-state index in [2.05, 4.69) is 20.7 Å². The molecule has 1 N–H and O–H groups in total. The van der Waals surface area contributed by atoms with Crippen LogP contribution in [0.1, 0.15) is 11.1 Å². The molecular formula is C25H22FN5O2S. The van der Waals surface area contributed by atoms with E-state index in [1.54, 1.807) is 19.2 Å². The number of nitrogens with one attached hydrogen (secondary N) is 1. The van der Waals surface area contributed by atoms with Crippen molar-refractivity contribution >= 4 is 23.9 Å². The second-order valence-electron chi connectivity index (χ2n) is 7.34. The van der Waals surface area contributed by atoms with Crippen LogP contribution in [0.5, 0.6) is 5.75 Å². The third kappa shape index (κ3) is 5.68. The quantitative estimate of drug-likeness (QED) is 0.228. The summed E-state index contributed by atoms with van der Waals surface area (Å²) in [6, 6.07) is 21.4. The van der Waals surface area contributed by atoms with Gasteiger partial charge in [0, 0.05) is 11.3 Å². The SMILES string of the molecule is COc1ccc(-c2nnc(SCC(=O)N/N=C/c3ccc(F)cc3)n2-c2ccc(C)cc2)cc1. The first-order valence-electron chi connectivity index (χ1n) is 10.4. The van der Waals surface area contributed by atoms with E-state index in [-0.39, 0.29) is 17.5 Å². The Morgan fingerprint density at radius 2 is 1.76 bits per heavy atom. The number of carbonyl (C=O) groups excluding carboxylic acids is 1. The van der Waals surface area contributed by atoms with Gasteiger partial charge in [-0.25, -0.2) is 9.82 Å². The zero-order valence-corrected chi connectivity index (χ0v) is 19.4. The Morgan fingerprint density at radius 1 is 1.06 bits per heavy atom. The maximum Gasteiger partial charge on any atom is 0.250 e. The van der Waals surface area contributed by atoms with Crippen LogP contribution in [-0.4, -0.2) is 39.7 Å². The Labute approximate surface area is 200 Å². The average Bonchev–Trinajstić information content (AvgIpc) is 3.28. The van der Waals surface area contributed by atoms with Gasteiger partial charge in [0.25, 0.3) is 5.91 Å². The Kier molecular flexibility index (Phi) is 7.34. The van der Waals surface area contributed by atoms with Crippen molar-refractivity contribution in [3.05, 3.63) is 89.7 Å². The van der Waals surface area contributed by atoms with Crippen molar-refractivity contribution in [2.75, 3.05) is 12.9 Å². The number of methoxy groups -OCH3 is 1. The van der Waals surface area contributed by atoms with Crippen LogP contribution in [0.2, 0.25) is 0 Å². The molecule has 0 fully saturated rings. The number of hydrogen-bond donors (Lipinski definition) is 1. The van der Waals surface area contributed by atoms with Gasteiger partial charge in [0.1, 0.15) is 11.6 Å². The summed E-state index contributed by atoms with van der Waals surface area (Å²) in [5.41, 5.74) is 6.05. The molecule has 0 bridgehead atoms. The fourth-order valence-corrected chi connectivity index (χ4v) is 3.85. The number of rotatable bonds is 8. The lowest BCUT2D eigenvalue weighted by atomic mass is 10.2. The highest BCUT2D eigenvalue weighted by molar-refractivity contribution is 7.99. The number of aromatic nitrogens is 3. The van der Waals surface area contributed by atoms with Gasteiger partial charge in [0.15, 0.2) is 11.0 Å². The number of thioether (sulfide) groups is 1. The summed E-state index contributed by atoms with van der Waals surface area (Å²) in [5, 5.41) is 13.2. The van der Waals surface area contributed by atoms with Crippen LogP contribution in [0.15, 0.2) is 83.1 Å². The number of hydrazone groups is 1. The summed E-state index contributed by atoms with van der Waals surface area (Å²) in [6.45, 7) is 2.02. The highest BCUT2D eigenvalue weighted by Gasteiger charge is 2.17. The van der Waals surface area contributed by atoms with Gasteiger partial charge in [-0.3, -0.25) is 9.36 Å². The third-order valence-corrected chi connectivity index (χ3v) is 5.81. The zero-order valence-electron chi connectivity index (χ0n) is 18.6. The number of benzene rings is 3. The predicted octanol–water partition coefficient (Wildman–Crippen LogP) is 4.63. The fourth-order valence-electron chi connectivity index (χ4n) is 3.11. The summed E-state index contributed by atoms with van der Waals surface area (Å²) in [7, 11) is 1.62. The molecule has 0 unspecified atom stereocenters. The number of carbonyl (C=O) groups is 1. The average molecular weight is 476 g/mol. The molecule has 0 saturated heterocycles. The highest BCUT2D eigenvalue weighted by atomic mass is 32.2.